The number of nitrogens with two attached hydrogens (primary N) is 2. The maximum atomic E-state index is 10.8. The molecule has 0 fully saturated rings. The summed E-state index contributed by atoms with van der Waals surface area (Å²) in [6.07, 6.45) is 10.8. The van der Waals surface area contributed by atoms with Crippen LogP contribution in [0, 0.1) is 5.92 Å². The van der Waals surface area contributed by atoms with Gasteiger partial charge in [0.05, 0.1) is 18.4 Å². The summed E-state index contributed by atoms with van der Waals surface area (Å²) in [5, 5.41) is 14.3. The molecule has 0 aliphatic heterocycles. The Hall–Kier alpha value is -1.22. The SMILES string of the molecule is C/C=C(C=O)\C(C)=C/COCCCC(CCN)CCNC.C/C=C(\N)Cl.CC.CNCCO. The first-order valence-corrected chi connectivity index (χ1v) is 12.3. The van der Waals surface area contributed by atoms with Crippen LogP contribution in [0.15, 0.2) is 34.5 Å². The van der Waals surface area contributed by atoms with Crippen LogP contribution in [-0.2, 0) is 9.53 Å². The largest absolute Gasteiger partial charge is 0.395 e. The van der Waals surface area contributed by atoms with Crippen LogP contribution in [0.25, 0.3) is 0 Å². The highest BCUT2D eigenvalue weighted by atomic mass is 35.5. The van der Waals surface area contributed by atoms with E-state index in [0.717, 1.165) is 56.4 Å². The molecular formula is C25H53ClN4O3. The van der Waals surface area contributed by atoms with Crippen LogP contribution in [-0.4, -0.2) is 64.9 Å². The van der Waals surface area contributed by atoms with Crippen molar-refractivity contribution in [2.45, 2.75) is 60.3 Å². The first kappa shape index (κ1) is 39.0. The molecule has 0 saturated heterocycles. The molecule has 0 radical (unpaired) electrons. The van der Waals surface area contributed by atoms with Crippen LogP contribution in [0.4, 0.5) is 0 Å². The van der Waals surface area contributed by atoms with Crippen LogP contribution in [0.5, 0.6) is 0 Å². The van der Waals surface area contributed by atoms with Gasteiger partial charge in [0.2, 0.25) is 0 Å². The van der Waals surface area contributed by atoms with Crippen molar-refractivity contribution in [1.82, 2.24) is 10.6 Å². The van der Waals surface area contributed by atoms with E-state index in [1.54, 1.807) is 20.0 Å². The highest BCUT2D eigenvalue weighted by Crippen LogP contribution is 2.14. The van der Waals surface area contributed by atoms with Crippen molar-refractivity contribution >= 4 is 17.9 Å². The molecule has 7 N–H and O–H groups in total. The van der Waals surface area contributed by atoms with E-state index in [-0.39, 0.29) is 6.61 Å². The van der Waals surface area contributed by atoms with Crippen molar-refractivity contribution in [2.75, 3.05) is 53.6 Å². The van der Waals surface area contributed by atoms with E-state index in [4.69, 9.17) is 32.9 Å². The van der Waals surface area contributed by atoms with Gasteiger partial charge in [0, 0.05) is 18.7 Å². The van der Waals surface area contributed by atoms with Gasteiger partial charge in [-0.15, -0.1) is 0 Å². The standard InChI is InChI=1S/C17H32N2O2.C3H6ClN.C3H9NO.C2H6/c1-4-17(14-20)15(2)9-13-21-12-5-6-16(7-10-18)8-11-19-3;1-2-3(4)5;1-4-2-3-5;1-2/h4,9,14,16,19H,5-8,10-13,18H2,1-3H3;2H,5H2,1H3;4-5H,2-3H2,1H3;1-2H3/b15-9-,17-4-;3-2-;;. The van der Waals surface area contributed by atoms with E-state index < -0.39 is 0 Å². The Morgan fingerprint density at radius 1 is 1.09 bits per heavy atom. The minimum Gasteiger partial charge on any atom is -0.395 e. The van der Waals surface area contributed by atoms with Gasteiger partial charge in [0.15, 0.2) is 0 Å². The van der Waals surface area contributed by atoms with E-state index in [9.17, 15) is 4.79 Å². The Morgan fingerprint density at radius 2 is 1.67 bits per heavy atom. The van der Waals surface area contributed by atoms with Crippen molar-refractivity contribution in [3.63, 3.8) is 0 Å². The second-order valence-corrected chi connectivity index (χ2v) is 7.24. The fourth-order valence-corrected chi connectivity index (χ4v) is 2.38. The third-order valence-corrected chi connectivity index (χ3v) is 4.54. The van der Waals surface area contributed by atoms with Gasteiger partial charge in [-0.3, -0.25) is 4.79 Å². The molecule has 0 heterocycles. The zero-order chi connectivity index (χ0) is 26.3. The molecule has 1 atom stereocenters. The summed E-state index contributed by atoms with van der Waals surface area (Å²) in [7, 11) is 3.78. The van der Waals surface area contributed by atoms with Crippen LogP contribution in [0.3, 0.4) is 0 Å². The number of ether oxygens (including phenoxy) is 1. The molecular weight excluding hydrogens is 440 g/mol. The number of carbonyl (C=O) groups is 1. The molecule has 0 aliphatic rings. The Bertz CT molecular complexity index is 478. The van der Waals surface area contributed by atoms with E-state index in [2.05, 4.69) is 10.6 Å². The molecule has 0 saturated carbocycles. The van der Waals surface area contributed by atoms with Gasteiger partial charge in [0.25, 0.3) is 0 Å². The molecule has 0 aromatic carbocycles. The molecule has 0 aromatic heterocycles. The summed E-state index contributed by atoms with van der Waals surface area (Å²) in [5.74, 6) is 0.688. The molecule has 0 bridgehead atoms. The average molecular weight is 493 g/mol. The van der Waals surface area contributed by atoms with Gasteiger partial charge in [-0.05, 0) is 85.1 Å². The second-order valence-electron chi connectivity index (χ2n) is 6.80. The molecule has 0 amide bonds. The number of halogens is 1. The highest BCUT2D eigenvalue weighted by Gasteiger charge is 2.06. The van der Waals surface area contributed by atoms with Gasteiger partial charge >= 0.3 is 0 Å². The number of nitrogens with one attached hydrogen (secondary N) is 2. The number of aliphatic hydroxyl groups excluding tert-OH is 1. The first-order chi connectivity index (χ1) is 15.9. The van der Waals surface area contributed by atoms with Gasteiger partial charge in [0.1, 0.15) is 6.29 Å². The smallest absolute Gasteiger partial charge is 0.149 e. The number of carbonyl (C=O) groups excluding carboxylic acids is 1. The third-order valence-electron chi connectivity index (χ3n) is 4.32. The minimum absolute atomic E-state index is 0.233. The Balaban J connectivity index is -0.000000288. The van der Waals surface area contributed by atoms with Crippen LogP contribution in [0.1, 0.15) is 60.3 Å². The van der Waals surface area contributed by atoms with Crippen molar-refractivity contribution in [1.29, 1.82) is 0 Å². The van der Waals surface area contributed by atoms with Crippen LogP contribution >= 0.6 is 11.6 Å². The van der Waals surface area contributed by atoms with E-state index in [1.165, 1.54) is 6.42 Å². The molecule has 0 rings (SSSR count). The van der Waals surface area contributed by atoms with E-state index in [0.29, 0.717) is 24.2 Å². The normalized spacial score (nSPS) is 12.4. The molecule has 1 unspecified atom stereocenters. The Labute approximate surface area is 209 Å². The average Bonchev–Trinajstić information content (AvgIpc) is 2.83. The summed E-state index contributed by atoms with van der Waals surface area (Å²) in [6.45, 7) is 13.6. The van der Waals surface area contributed by atoms with Gasteiger partial charge in [-0.25, -0.2) is 0 Å². The lowest BCUT2D eigenvalue weighted by molar-refractivity contribution is -0.104. The number of aliphatic hydroxyl groups is 1. The quantitative estimate of drug-likeness (QED) is 0.0775. The summed E-state index contributed by atoms with van der Waals surface area (Å²) in [6, 6.07) is 0. The molecule has 0 spiro atoms. The summed E-state index contributed by atoms with van der Waals surface area (Å²) in [4.78, 5) is 10.8. The predicted octanol–water partition coefficient (Wildman–Crippen LogP) is 3.72. The molecule has 33 heavy (non-hydrogen) atoms. The third kappa shape index (κ3) is 35.5. The van der Waals surface area contributed by atoms with Crippen LogP contribution in [0.2, 0.25) is 0 Å². The fraction of sp³-hybridized carbons (Fsp3) is 0.720. The molecule has 0 aromatic rings. The van der Waals surface area contributed by atoms with E-state index in [1.807, 2.05) is 46.9 Å². The monoisotopic (exact) mass is 492 g/mol. The van der Waals surface area contributed by atoms with Gasteiger partial charge in [-0.2, -0.15) is 0 Å². The first-order valence-electron chi connectivity index (χ1n) is 11.9. The number of hydrogen-bond acceptors (Lipinski definition) is 7. The number of aldehydes is 1. The van der Waals surface area contributed by atoms with Crippen molar-refractivity contribution in [2.24, 2.45) is 17.4 Å². The molecule has 8 heteroatoms. The minimum atomic E-state index is 0.233. The Kier molecular flexibility index (Phi) is 41.8. The van der Waals surface area contributed by atoms with Crippen molar-refractivity contribution < 1.29 is 14.6 Å². The summed E-state index contributed by atoms with van der Waals surface area (Å²) >= 11 is 5.10. The van der Waals surface area contributed by atoms with Crippen molar-refractivity contribution in [3.05, 3.63) is 34.5 Å². The Morgan fingerprint density at radius 3 is 2.03 bits per heavy atom. The lowest BCUT2D eigenvalue weighted by Gasteiger charge is -2.15. The van der Waals surface area contributed by atoms with Gasteiger partial charge < -0.3 is 31.9 Å². The molecule has 0 aliphatic carbocycles. The van der Waals surface area contributed by atoms with Crippen molar-refractivity contribution in [3.8, 4) is 0 Å². The lowest BCUT2D eigenvalue weighted by Crippen LogP contribution is -2.16. The number of allylic oxidation sites excluding steroid dienone is 4. The zero-order valence-corrected chi connectivity index (χ0v) is 23.0. The number of likely N-dealkylation sites (N-methyl/N-ethyl adjacent to an activating group) is 1. The maximum Gasteiger partial charge on any atom is 0.149 e. The number of rotatable bonds is 15. The fourth-order valence-electron chi connectivity index (χ4n) is 2.38. The zero-order valence-electron chi connectivity index (χ0n) is 22.3. The van der Waals surface area contributed by atoms with Crippen LogP contribution < -0.4 is 22.1 Å². The predicted molar refractivity (Wildman–Crippen MR) is 145 cm³/mol. The maximum absolute atomic E-state index is 10.8. The second kappa shape index (κ2) is 35.4. The number of hydrogen-bond donors (Lipinski definition) is 5. The van der Waals surface area contributed by atoms with Gasteiger partial charge in [-0.1, -0.05) is 43.7 Å². The summed E-state index contributed by atoms with van der Waals surface area (Å²) in [5.41, 5.74) is 12.3. The molecule has 198 valence electrons. The topological polar surface area (TPSA) is 123 Å². The van der Waals surface area contributed by atoms with E-state index >= 15 is 0 Å². The molecule has 7 nitrogen and oxygen atoms in total. The lowest BCUT2D eigenvalue weighted by atomic mass is 9.96. The summed E-state index contributed by atoms with van der Waals surface area (Å²) < 4.78 is 5.61. The highest BCUT2D eigenvalue weighted by molar-refractivity contribution is 6.28.